The van der Waals surface area contributed by atoms with Crippen LogP contribution in [0.15, 0.2) is 30.5 Å². The van der Waals surface area contributed by atoms with Gasteiger partial charge in [-0.05, 0) is 43.9 Å². The highest BCUT2D eigenvalue weighted by atomic mass is 16.2. The summed E-state index contributed by atoms with van der Waals surface area (Å²) in [4.78, 5) is 25.7. The summed E-state index contributed by atoms with van der Waals surface area (Å²) in [5, 5.41) is 12.5. The van der Waals surface area contributed by atoms with Crippen LogP contribution in [0.1, 0.15) is 53.7 Å². The van der Waals surface area contributed by atoms with Gasteiger partial charge in [-0.1, -0.05) is 37.5 Å². The van der Waals surface area contributed by atoms with Crippen molar-refractivity contribution >= 4 is 17.5 Å². The average molecular weight is 340 g/mol. The highest BCUT2D eigenvalue weighted by Crippen LogP contribution is 2.31. The summed E-state index contributed by atoms with van der Waals surface area (Å²) in [6.45, 7) is 3.94. The zero-order valence-electron chi connectivity index (χ0n) is 14.7. The predicted octanol–water partition coefficient (Wildman–Crippen LogP) is 3.10. The van der Waals surface area contributed by atoms with Crippen LogP contribution >= 0.6 is 0 Å². The van der Waals surface area contributed by atoms with Crippen LogP contribution in [0, 0.1) is 13.8 Å². The van der Waals surface area contributed by atoms with Crippen molar-refractivity contribution in [1.29, 1.82) is 0 Å². The SMILES string of the molecule is Cc1cccc(C)c1NC(=O)C1(NC(=O)c2ccn[nH]2)CCCCC1. The lowest BCUT2D eigenvalue weighted by Gasteiger charge is -2.36. The van der Waals surface area contributed by atoms with Gasteiger partial charge in [-0.2, -0.15) is 5.10 Å². The first-order chi connectivity index (χ1) is 12.0. The Balaban J connectivity index is 1.84. The van der Waals surface area contributed by atoms with Gasteiger partial charge >= 0.3 is 0 Å². The van der Waals surface area contributed by atoms with Crippen molar-refractivity contribution in [2.75, 3.05) is 5.32 Å². The van der Waals surface area contributed by atoms with Crippen LogP contribution in [-0.4, -0.2) is 27.6 Å². The molecule has 1 aliphatic rings. The lowest BCUT2D eigenvalue weighted by Crippen LogP contribution is -2.58. The molecule has 1 aliphatic carbocycles. The Morgan fingerprint density at radius 2 is 1.76 bits per heavy atom. The number of aromatic amines is 1. The molecular weight excluding hydrogens is 316 g/mol. The molecule has 1 saturated carbocycles. The monoisotopic (exact) mass is 340 g/mol. The predicted molar refractivity (Wildman–Crippen MR) is 96.4 cm³/mol. The maximum absolute atomic E-state index is 13.1. The van der Waals surface area contributed by atoms with Crippen LogP contribution in [0.25, 0.3) is 0 Å². The standard InChI is InChI=1S/C19H24N4O2/c1-13-7-6-8-14(2)16(13)21-18(25)19(10-4-3-5-11-19)22-17(24)15-9-12-20-23-15/h6-9,12H,3-5,10-11H2,1-2H3,(H,20,23)(H,21,25)(H,22,24). The minimum absolute atomic E-state index is 0.141. The number of anilines is 1. The van der Waals surface area contributed by atoms with Crippen LogP contribution in [0.5, 0.6) is 0 Å². The number of hydrogen-bond acceptors (Lipinski definition) is 3. The molecule has 0 radical (unpaired) electrons. The Morgan fingerprint density at radius 1 is 1.08 bits per heavy atom. The number of para-hydroxylation sites is 1. The van der Waals surface area contributed by atoms with Crippen molar-refractivity contribution in [3.63, 3.8) is 0 Å². The van der Waals surface area contributed by atoms with E-state index in [1.807, 2.05) is 32.0 Å². The molecule has 25 heavy (non-hydrogen) atoms. The minimum Gasteiger partial charge on any atom is -0.336 e. The molecule has 0 atom stereocenters. The Labute approximate surface area is 147 Å². The molecule has 0 unspecified atom stereocenters. The molecule has 6 heteroatoms. The van der Waals surface area contributed by atoms with Crippen LogP contribution in [-0.2, 0) is 4.79 Å². The third-order valence-electron chi connectivity index (χ3n) is 4.96. The lowest BCUT2D eigenvalue weighted by atomic mass is 9.80. The molecule has 132 valence electrons. The molecule has 1 aromatic heterocycles. The smallest absolute Gasteiger partial charge is 0.270 e. The Bertz CT molecular complexity index is 741. The van der Waals surface area contributed by atoms with Crippen molar-refractivity contribution in [3.8, 4) is 0 Å². The molecule has 3 N–H and O–H groups in total. The van der Waals surface area contributed by atoms with E-state index < -0.39 is 5.54 Å². The van der Waals surface area contributed by atoms with E-state index in [9.17, 15) is 9.59 Å². The molecule has 0 bridgehead atoms. The summed E-state index contributed by atoms with van der Waals surface area (Å²) >= 11 is 0. The number of aryl methyl sites for hydroxylation is 2. The first-order valence-corrected chi connectivity index (χ1v) is 8.71. The third kappa shape index (κ3) is 3.57. The number of carbonyl (C=O) groups is 2. The topological polar surface area (TPSA) is 86.9 Å². The van der Waals surface area contributed by atoms with Gasteiger partial charge in [0.05, 0.1) is 0 Å². The Morgan fingerprint density at radius 3 is 2.36 bits per heavy atom. The molecule has 2 aromatic rings. The van der Waals surface area contributed by atoms with E-state index in [0.717, 1.165) is 36.1 Å². The minimum atomic E-state index is -0.880. The Kier molecular flexibility index (Phi) is 4.88. The summed E-state index contributed by atoms with van der Waals surface area (Å²) in [6, 6.07) is 7.52. The van der Waals surface area contributed by atoms with Gasteiger partial charge in [-0.15, -0.1) is 0 Å². The van der Waals surface area contributed by atoms with Crippen LogP contribution in [0.3, 0.4) is 0 Å². The summed E-state index contributed by atoms with van der Waals surface area (Å²) < 4.78 is 0. The average Bonchev–Trinajstić information content (AvgIpc) is 3.13. The van der Waals surface area contributed by atoms with E-state index in [0.29, 0.717) is 18.5 Å². The van der Waals surface area contributed by atoms with E-state index in [1.54, 1.807) is 6.07 Å². The molecule has 1 heterocycles. The van der Waals surface area contributed by atoms with E-state index in [4.69, 9.17) is 0 Å². The van der Waals surface area contributed by atoms with Crippen molar-refractivity contribution in [2.24, 2.45) is 0 Å². The molecule has 1 aromatic carbocycles. The second-order valence-electron chi connectivity index (χ2n) is 6.79. The lowest BCUT2D eigenvalue weighted by molar-refractivity contribution is -0.123. The van der Waals surface area contributed by atoms with E-state index in [1.165, 1.54) is 6.20 Å². The molecule has 0 saturated heterocycles. The van der Waals surface area contributed by atoms with Gasteiger partial charge in [0.1, 0.15) is 11.2 Å². The number of hydrogen-bond donors (Lipinski definition) is 3. The maximum Gasteiger partial charge on any atom is 0.270 e. The molecule has 3 rings (SSSR count). The number of benzene rings is 1. The van der Waals surface area contributed by atoms with Gasteiger partial charge in [0, 0.05) is 11.9 Å². The highest BCUT2D eigenvalue weighted by molar-refractivity contribution is 6.03. The number of nitrogens with one attached hydrogen (secondary N) is 3. The number of carbonyl (C=O) groups excluding carboxylic acids is 2. The van der Waals surface area contributed by atoms with E-state index >= 15 is 0 Å². The van der Waals surface area contributed by atoms with Crippen LogP contribution in [0.2, 0.25) is 0 Å². The fourth-order valence-corrected chi connectivity index (χ4v) is 3.48. The largest absolute Gasteiger partial charge is 0.336 e. The normalized spacial score (nSPS) is 16.2. The van der Waals surface area contributed by atoms with Crippen molar-refractivity contribution in [1.82, 2.24) is 15.5 Å². The fraction of sp³-hybridized carbons (Fsp3) is 0.421. The van der Waals surface area contributed by atoms with Gasteiger partial charge in [0.25, 0.3) is 5.91 Å². The molecule has 2 amide bonds. The second-order valence-corrected chi connectivity index (χ2v) is 6.79. The van der Waals surface area contributed by atoms with Crippen molar-refractivity contribution < 1.29 is 9.59 Å². The number of nitrogens with zero attached hydrogens (tertiary/aromatic N) is 1. The van der Waals surface area contributed by atoms with Gasteiger partial charge < -0.3 is 10.6 Å². The first-order valence-electron chi connectivity index (χ1n) is 8.71. The van der Waals surface area contributed by atoms with Gasteiger partial charge in [0.15, 0.2) is 0 Å². The quantitative estimate of drug-likeness (QED) is 0.799. The summed E-state index contributed by atoms with van der Waals surface area (Å²) in [5.41, 5.74) is 2.34. The summed E-state index contributed by atoms with van der Waals surface area (Å²) in [7, 11) is 0. The van der Waals surface area contributed by atoms with E-state index in [2.05, 4.69) is 20.8 Å². The maximum atomic E-state index is 13.1. The number of amides is 2. The van der Waals surface area contributed by atoms with Crippen LogP contribution < -0.4 is 10.6 Å². The zero-order valence-corrected chi connectivity index (χ0v) is 14.7. The summed E-state index contributed by atoms with van der Waals surface area (Å²) in [6.07, 6.45) is 5.73. The zero-order chi connectivity index (χ0) is 17.9. The van der Waals surface area contributed by atoms with Crippen molar-refractivity contribution in [2.45, 2.75) is 51.5 Å². The molecule has 0 spiro atoms. The second kappa shape index (κ2) is 7.09. The molecule has 6 nitrogen and oxygen atoms in total. The molecular formula is C19H24N4O2. The van der Waals surface area contributed by atoms with Crippen LogP contribution in [0.4, 0.5) is 5.69 Å². The summed E-state index contributed by atoms with van der Waals surface area (Å²) in [5.74, 6) is -0.437. The van der Waals surface area contributed by atoms with Gasteiger partial charge in [0.2, 0.25) is 5.91 Å². The first kappa shape index (κ1) is 17.2. The highest BCUT2D eigenvalue weighted by Gasteiger charge is 2.41. The number of aromatic nitrogens is 2. The fourth-order valence-electron chi connectivity index (χ4n) is 3.48. The van der Waals surface area contributed by atoms with E-state index in [-0.39, 0.29) is 11.8 Å². The molecule has 1 fully saturated rings. The number of H-pyrrole nitrogens is 1. The van der Waals surface area contributed by atoms with Gasteiger partial charge in [-0.3, -0.25) is 14.7 Å². The Hall–Kier alpha value is -2.63. The van der Waals surface area contributed by atoms with Crippen molar-refractivity contribution in [3.05, 3.63) is 47.3 Å². The third-order valence-corrected chi connectivity index (χ3v) is 4.96. The number of rotatable bonds is 4. The molecule has 0 aliphatic heterocycles. The van der Waals surface area contributed by atoms with Gasteiger partial charge in [-0.25, -0.2) is 0 Å².